The van der Waals surface area contributed by atoms with Crippen LogP contribution in [0.2, 0.25) is 0 Å². The van der Waals surface area contributed by atoms with Crippen LogP contribution in [0.1, 0.15) is 19.8 Å². The first-order valence-corrected chi connectivity index (χ1v) is 7.35. The summed E-state index contributed by atoms with van der Waals surface area (Å²) in [5.74, 6) is -0.832. The van der Waals surface area contributed by atoms with Gasteiger partial charge in [0.2, 0.25) is 5.03 Å². The second-order valence-electron chi connectivity index (χ2n) is 4.40. The molecule has 7 heteroatoms. The van der Waals surface area contributed by atoms with Crippen LogP contribution < -0.4 is 10.0 Å². The molecule has 18 heavy (non-hydrogen) atoms. The molecule has 1 aromatic heterocycles. The first-order valence-electron chi connectivity index (χ1n) is 5.87. The van der Waals surface area contributed by atoms with Crippen molar-refractivity contribution in [3.05, 3.63) is 24.1 Å². The lowest BCUT2D eigenvalue weighted by molar-refractivity contribution is 0.348. The number of sulfonamides is 1. The molecule has 1 aliphatic rings. The molecule has 1 saturated heterocycles. The van der Waals surface area contributed by atoms with E-state index in [1.54, 1.807) is 0 Å². The van der Waals surface area contributed by atoms with Crippen LogP contribution in [-0.2, 0) is 10.0 Å². The van der Waals surface area contributed by atoms with Crippen LogP contribution in [0.25, 0.3) is 0 Å². The summed E-state index contributed by atoms with van der Waals surface area (Å²) >= 11 is 0. The fourth-order valence-corrected chi connectivity index (χ4v) is 3.39. The predicted octanol–water partition coefficient (Wildman–Crippen LogP) is 0.639. The molecule has 0 aliphatic carbocycles. The Hall–Kier alpha value is -1.05. The highest BCUT2D eigenvalue weighted by atomic mass is 32.2. The Balaban J connectivity index is 2.19. The van der Waals surface area contributed by atoms with Gasteiger partial charge in [0.25, 0.3) is 10.0 Å². The Morgan fingerprint density at radius 3 is 3.00 bits per heavy atom. The number of pyridine rings is 1. The highest BCUT2D eigenvalue weighted by molar-refractivity contribution is 7.89. The standard InChI is InChI=1S/C11H16FN3O2S/c1-8-10(5-3-6-13-8)15-18(16,17)11-9(12)4-2-7-14-11/h2,4,7-8,10,13,15H,3,5-6H2,1H3. The molecule has 0 bridgehead atoms. The van der Waals surface area contributed by atoms with E-state index in [9.17, 15) is 12.8 Å². The van der Waals surface area contributed by atoms with Gasteiger partial charge in [-0.1, -0.05) is 0 Å². The van der Waals surface area contributed by atoms with Crippen molar-refractivity contribution in [2.75, 3.05) is 6.54 Å². The van der Waals surface area contributed by atoms with Gasteiger partial charge in [-0.15, -0.1) is 0 Å². The average molecular weight is 273 g/mol. The average Bonchev–Trinajstić information content (AvgIpc) is 2.32. The van der Waals surface area contributed by atoms with E-state index in [-0.39, 0.29) is 12.1 Å². The molecular formula is C11H16FN3O2S. The van der Waals surface area contributed by atoms with Crippen molar-refractivity contribution in [3.8, 4) is 0 Å². The Morgan fingerprint density at radius 1 is 1.56 bits per heavy atom. The normalized spacial score (nSPS) is 25.0. The zero-order chi connectivity index (χ0) is 13.2. The molecule has 1 aromatic rings. The molecule has 5 nitrogen and oxygen atoms in total. The van der Waals surface area contributed by atoms with Gasteiger partial charge < -0.3 is 5.32 Å². The fourth-order valence-electron chi connectivity index (χ4n) is 2.03. The van der Waals surface area contributed by atoms with Gasteiger partial charge in [0.1, 0.15) is 0 Å². The molecule has 2 heterocycles. The molecule has 0 aromatic carbocycles. The highest BCUT2D eigenvalue weighted by Gasteiger charge is 2.28. The SMILES string of the molecule is CC1NCCCC1NS(=O)(=O)c1ncccc1F. The number of aromatic nitrogens is 1. The number of hydrogen-bond donors (Lipinski definition) is 2. The Labute approximate surface area is 106 Å². The lowest BCUT2D eigenvalue weighted by atomic mass is 10.0. The Kier molecular flexibility index (Phi) is 3.94. The number of piperidine rings is 1. The number of rotatable bonds is 3. The van der Waals surface area contributed by atoms with Gasteiger partial charge in [-0.05, 0) is 38.4 Å². The topological polar surface area (TPSA) is 71.1 Å². The monoisotopic (exact) mass is 273 g/mol. The van der Waals surface area contributed by atoms with Gasteiger partial charge >= 0.3 is 0 Å². The second kappa shape index (κ2) is 5.29. The van der Waals surface area contributed by atoms with Crippen LogP contribution in [-0.4, -0.2) is 32.0 Å². The molecule has 2 rings (SSSR count). The second-order valence-corrected chi connectivity index (χ2v) is 6.03. The molecule has 0 radical (unpaired) electrons. The van der Waals surface area contributed by atoms with Crippen molar-refractivity contribution < 1.29 is 12.8 Å². The van der Waals surface area contributed by atoms with Crippen molar-refractivity contribution in [1.82, 2.24) is 15.0 Å². The van der Waals surface area contributed by atoms with Crippen LogP contribution in [0.4, 0.5) is 4.39 Å². The molecule has 2 atom stereocenters. The summed E-state index contributed by atoms with van der Waals surface area (Å²) in [4.78, 5) is 3.59. The summed E-state index contributed by atoms with van der Waals surface area (Å²) in [6.07, 6.45) is 2.89. The minimum absolute atomic E-state index is 0.0281. The number of nitrogens with one attached hydrogen (secondary N) is 2. The quantitative estimate of drug-likeness (QED) is 0.848. The third-order valence-electron chi connectivity index (χ3n) is 3.05. The van der Waals surface area contributed by atoms with Gasteiger partial charge in [-0.3, -0.25) is 0 Å². The summed E-state index contributed by atoms with van der Waals surface area (Å²) in [7, 11) is -3.90. The molecule has 1 fully saturated rings. The van der Waals surface area contributed by atoms with E-state index >= 15 is 0 Å². The van der Waals surface area contributed by atoms with Crippen molar-refractivity contribution in [3.63, 3.8) is 0 Å². The van der Waals surface area contributed by atoms with E-state index in [1.807, 2.05) is 6.92 Å². The molecule has 1 aliphatic heterocycles. The summed E-state index contributed by atoms with van der Waals surface area (Å²) < 4.78 is 40.0. The molecule has 0 saturated carbocycles. The van der Waals surface area contributed by atoms with Crippen LogP contribution in [0.3, 0.4) is 0 Å². The van der Waals surface area contributed by atoms with Gasteiger partial charge in [0, 0.05) is 18.3 Å². The van der Waals surface area contributed by atoms with Gasteiger partial charge in [0.05, 0.1) is 0 Å². The van der Waals surface area contributed by atoms with E-state index < -0.39 is 20.9 Å². The van der Waals surface area contributed by atoms with E-state index in [2.05, 4.69) is 15.0 Å². The maximum Gasteiger partial charge on any atom is 0.261 e. The lowest BCUT2D eigenvalue weighted by Crippen LogP contribution is -2.52. The molecule has 2 N–H and O–H groups in total. The van der Waals surface area contributed by atoms with E-state index in [0.717, 1.165) is 25.5 Å². The minimum Gasteiger partial charge on any atom is -0.313 e. The summed E-state index contributed by atoms with van der Waals surface area (Å²) in [5, 5.41) is 2.64. The third-order valence-corrected chi connectivity index (χ3v) is 4.47. The lowest BCUT2D eigenvalue weighted by Gasteiger charge is -2.30. The molecule has 2 unspecified atom stereocenters. The molecular weight excluding hydrogens is 257 g/mol. The smallest absolute Gasteiger partial charge is 0.261 e. The fraction of sp³-hybridized carbons (Fsp3) is 0.545. The van der Waals surface area contributed by atoms with Gasteiger partial charge in [0.15, 0.2) is 5.82 Å². The van der Waals surface area contributed by atoms with Crippen LogP contribution in [0.5, 0.6) is 0 Å². The third kappa shape index (κ3) is 2.85. The van der Waals surface area contributed by atoms with Crippen LogP contribution >= 0.6 is 0 Å². The van der Waals surface area contributed by atoms with Crippen molar-refractivity contribution in [2.45, 2.75) is 36.9 Å². The van der Waals surface area contributed by atoms with Crippen molar-refractivity contribution in [1.29, 1.82) is 0 Å². The van der Waals surface area contributed by atoms with Crippen LogP contribution in [0.15, 0.2) is 23.4 Å². The number of nitrogens with zero attached hydrogens (tertiary/aromatic N) is 1. The summed E-state index contributed by atoms with van der Waals surface area (Å²) in [6.45, 7) is 2.78. The summed E-state index contributed by atoms with van der Waals surface area (Å²) in [6, 6.07) is 2.24. The molecule has 0 amide bonds. The Morgan fingerprint density at radius 2 is 2.33 bits per heavy atom. The maximum absolute atomic E-state index is 13.4. The number of hydrogen-bond acceptors (Lipinski definition) is 4. The van der Waals surface area contributed by atoms with Gasteiger partial charge in [-0.25, -0.2) is 22.5 Å². The summed E-state index contributed by atoms with van der Waals surface area (Å²) in [5.41, 5.74) is 0. The first-order chi connectivity index (χ1) is 8.50. The van der Waals surface area contributed by atoms with E-state index in [1.165, 1.54) is 12.3 Å². The maximum atomic E-state index is 13.4. The van der Waals surface area contributed by atoms with Gasteiger partial charge in [-0.2, -0.15) is 0 Å². The number of halogens is 1. The zero-order valence-electron chi connectivity index (χ0n) is 10.1. The van der Waals surface area contributed by atoms with Crippen molar-refractivity contribution in [2.24, 2.45) is 0 Å². The Bertz CT molecular complexity index is 521. The van der Waals surface area contributed by atoms with Crippen LogP contribution in [0, 0.1) is 5.82 Å². The zero-order valence-corrected chi connectivity index (χ0v) is 10.9. The predicted molar refractivity (Wildman–Crippen MR) is 65.0 cm³/mol. The van der Waals surface area contributed by atoms with Crippen molar-refractivity contribution >= 4 is 10.0 Å². The molecule has 0 spiro atoms. The van der Waals surface area contributed by atoms with E-state index in [4.69, 9.17) is 0 Å². The molecule has 100 valence electrons. The first kappa shape index (κ1) is 13.4. The highest BCUT2D eigenvalue weighted by Crippen LogP contribution is 2.14. The van der Waals surface area contributed by atoms with E-state index in [0.29, 0.717) is 0 Å². The largest absolute Gasteiger partial charge is 0.313 e. The minimum atomic E-state index is -3.90.